The molecule has 0 saturated heterocycles. The second-order valence-corrected chi connectivity index (χ2v) is 6.17. The summed E-state index contributed by atoms with van der Waals surface area (Å²) < 4.78 is 25.9. The average Bonchev–Trinajstić information content (AvgIpc) is 2.42. The monoisotopic (exact) mass is 328 g/mol. The van der Waals surface area contributed by atoms with Gasteiger partial charge < -0.3 is 10.6 Å². The van der Waals surface area contributed by atoms with E-state index in [0.29, 0.717) is 17.2 Å². The molecule has 0 radical (unpaired) electrons. The Morgan fingerprint density at radius 3 is 2.76 bits per heavy atom. The lowest BCUT2D eigenvalue weighted by molar-refractivity contribution is 0.506. The van der Waals surface area contributed by atoms with Gasteiger partial charge in [0.2, 0.25) is 0 Å². The third-order valence-electron chi connectivity index (χ3n) is 3.17. The predicted octanol–water partition coefficient (Wildman–Crippen LogP) is 3.42. The number of rotatable bonds is 3. The maximum absolute atomic E-state index is 13.1. The van der Waals surface area contributed by atoms with Crippen molar-refractivity contribution in [1.29, 1.82) is 0 Å². The fourth-order valence-corrected chi connectivity index (χ4v) is 2.32. The number of hydrogen-bond acceptors (Lipinski definition) is 1. The van der Waals surface area contributed by atoms with E-state index < -0.39 is 16.5 Å². The van der Waals surface area contributed by atoms with Crippen molar-refractivity contribution in [2.75, 3.05) is 0 Å². The summed E-state index contributed by atoms with van der Waals surface area (Å²) in [6, 6.07) is 3.59. The highest BCUT2D eigenvalue weighted by atomic mass is 35.5. The van der Waals surface area contributed by atoms with E-state index >= 15 is 0 Å². The van der Waals surface area contributed by atoms with Gasteiger partial charge in [0.25, 0.3) is 0 Å². The van der Waals surface area contributed by atoms with E-state index in [4.69, 9.17) is 23.8 Å². The fraction of sp³-hybridized carbons (Fsp3) is 0.267. The van der Waals surface area contributed by atoms with E-state index in [0.717, 1.165) is 12.1 Å². The van der Waals surface area contributed by atoms with Crippen LogP contribution in [0.2, 0.25) is 0 Å². The van der Waals surface area contributed by atoms with Crippen LogP contribution in [0.15, 0.2) is 42.5 Å². The van der Waals surface area contributed by atoms with Gasteiger partial charge in [0.1, 0.15) is 0 Å². The molecule has 2 unspecified atom stereocenters. The zero-order valence-corrected chi connectivity index (χ0v) is 12.9. The lowest BCUT2D eigenvalue weighted by Gasteiger charge is -2.30. The SMILES string of the molecule is CC1(Cl)C=CC=CC1NC(=S)NCc1ccc(F)c(F)c1. The van der Waals surface area contributed by atoms with Crippen LogP contribution in [0.1, 0.15) is 12.5 Å². The van der Waals surface area contributed by atoms with Crippen molar-refractivity contribution < 1.29 is 8.78 Å². The Hall–Kier alpha value is -1.46. The molecule has 2 atom stereocenters. The van der Waals surface area contributed by atoms with Crippen LogP contribution in [0.25, 0.3) is 0 Å². The van der Waals surface area contributed by atoms with Crippen molar-refractivity contribution in [2.45, 2.75) is 24.4 Å². The number of hydrogen-bond donors (Lipinski definition) is 2. The fourth-order valence-electron chi connectivity index (χ4n) is 1.92. The smallest absolute Gasteiger partial charge is 0.167 e. The van der Waals surface area contributed by atoms with Crippen LogP contribution in [0, 0.1) is 11.6 Å². The van der Waals surface area contributed by atoms with Crippen molar-refractivity contribution in [3.63, 3.8) is 0 Å². The van der Waals surface area contributed by atoms with Gasteiger partial charge in [-0.05, 0) is 36.8 Å². The Morgan fingerprint density at radius 2 is 2.10 bits per heavy atom. The van der Waals surface area contributed by atoms with Crippen LogP contribution in [0.4, 0.5) is 8.78 Å². The van der Waals surface area contributed by atoms with Crippen molar-refractivity contribution in [1.82, 2.24) is 10.6 Å². The lowest BCUT2D eigenvalue weighted by atomic mass is 9.96. The molecule has 0 spiro atoms. The predicted molar refractivity (Wildman–Crippen MR) is 85.3 cm³/mol. The molecule has 0 aliphatic heterocycles. The standard InChI is InChI=1S/C15H15ClF2N2S/c1-15(16)7-3-2-4-13(15)20-14(21)19-9-10-5-6-11(17)12(18)8-10/h2-8,13H,9H2,1H3,(H2,19,20,21). The largest absolute Gasteiger partial charge is 0.359 e. The van der Waals surface area contributed by atoms with E-state index in [1.807, 2.05) is 31.2 Å². The number of allylic oxidation sites excluding steroid dienone is 2. The van der Waals surface area contributed by atoms with Crippen LogP contribution >= 0.6 is 23.8 Å². The lowest BCUT2D eigenvalue weighted by Crippen LogP contribution is -2.49. The van der Waals surface area contributed by atoms with Crippen LogP contribution in [0.5, 0.6) is 0 Å². The van der Waals surface area contributed by atoms with Crippen LogP contribution in [-0.4, -0.2) is 16.0 Å². The third-order valence-corrected chi connectivity index (χ3v) is 3.79. The third kappa shape index (κ3) is 4.25. The summed E-state index contributed by atoms with van der Waals surface area (Å²) >= 11 is 11.5. The van der Waals surface area contributed by atoms with E-state index in [9.17, 15) is 8.78 Å². The van der Waals surface area contributed by atoms with Crippen molar-refractivity contribution >= 4 is 28.9 Å². The highest BCUT2D eigenvalue weighted by molar-refractivity contribution is 7.80. The second-order valence-electron chi connectivity index (χ2n) is 4.95. The molecule has 21 heavy (non-hydrogen) atoms. The van der Waals surface area contributed by atoms with Gasteiger partial charge in [0.15, 0.2) is 16.7 Å². The zero-order valence-electron chi connectivity index (χ0n) is 11.4. The first-order valence-corrected chi connectivity index (χ1v) is 7.20. The summed E-state index contributed by atoms with van der Waals surface area (Å²) in [5, 5.41) is 6.43. The topological polar surface area (TPSA) is 24.1 Å². The molecule has 0 heterocycles. The van der Waals surface area contributed by atoms with Gasteiger partial charge in [-0.2, -0.15) is 0 Å². The molecule has 1 aromatic carbocycles. The molecule has 2 nitrogen and oxygen atoms in total. The molecular weight excluding hydrogens is 314 g/mol. The summed E-state index contributed by atoms with van der Waals surface area (Å²) in [6.45, 7) is 2.18. The summed E-state index contributed by atoms with van der Waals surface area (Å²) in [4.78, 5) is -0.567. The maximum atomic E-state index is 13.1. The first-order chi connectivity index (χ1) is 9.88. The highest BCUT2D eigenvalue weighted by Crippen LogP contribution is 2.25. The summed E-state index contributed by atoms with van der Waals surface area (Å²) in [5.41, 5.74) is 0.603. The second kappa shape index (κ2) is 6.54. The molecule has 0 aromatic heterocycles. The van der Waals surface area contributed by atoms with E-state index in [-0.39, 0.29) is 6.04 Å². The van der Waals surface area contributed by atoms with Crippen LogP contribution < -0.4 is 10.6 Å². The van der Waals surface area contributed by atoms with E-state index in [2.05, 4.69) is 10.6 Å². The summed E-state index contributed by atoms with van der Waals surface area (Å²) in [7, 11) is 0. The number of benzene rings is 1. The molecule has 1 aromatic rings. The van der Waals surface area contributed by atoms with E-state index in [1.165, 1.54) is 6.07 Å². The number of halogens is 3. The summed E-state index contributed by atoms with van der Waals surface area (Å²) in [6.07, 6.45) is 7.56. The number of thiocarbonyl (C=S) groups is 1. The zero-order chi connectivity index (χ0) is 15.5. The van der Waals surface area contributed by atoms with Gasteiger partial charge in [-0.25, -0.2) is 8.78 Å². The molecule has 0 fully saturated rings. The molecule has 2 N–H and O–H groups in total. The maximum Gasteiger partial charge on any atom is 0.167 e. The van der Waals surface area contributed by atoms with Crippen LogP contribution in [0.3, 0.4) is 0 Å². The molecule has 1 aliphatic rings. The first kappa shape index (κ1) is 15.9. The Labute approximate surface area is 132 Å². The minimum Gasteiger partial charge on any atom is -0.359 e. The van der Waals surface area contributed by atoms with Gasteiger partial charge in [-0.1, -0.05) is 30.4 Å². The molecule has 0 amide bonds. The van der Waals surface area contributed by atoms with Gasteiger partial charge in [-0.15, -0.1) is 11.6 Å². The Balaban J connectivity index is 1.89. The van der Waals surface area contributed by atoms with E-state index in [1.54, 1.807) is 0 Å². The number of alkyl halides is 1. The Kier molecular flexibility index (Phi) is 4.96. The van der Waals surface area contributed by atoms with Gasteiger partial charge in [-0.3, -0.25) is 0 Å². The normalized spacial score (nSPS) is 23.9. The molecule has 112 valence electrons. The average molecular weight is 329 g/mol. The molecular formula is C15H15ClF2N2S. The van der Waals surface area contributed by atoms with Crippen molar-refractivity contribution in [3.05, 3.63) is 59.7 Å². The molecule has 0 saturated carbocycles. The summed E-state index contributed by atoms with van der Waals surface area (Å²) in [5.74, 6) is -1.74. The first-order valence-electron chi connectivity index (χ1n) is 6.42. The quantitative estimate of drug-likeness (QED) is 0.656. The van der Waals surface area contributed by atoms with Crippen LogP contribution in [-0.2, 0) is 6.54 Å². The highest BCUT2D eigenvalue weighted by Gasteiger charge is 2.29. The van der Waals surface area contributed by atoms with Gasteiger partial charge in [0.05, 0.1) is 10.9 Å². The Morgan fingerprint density at radius 1 is 1.33 bits per heavy atom. The van der Waals surface area contributed by atoms with Crippen molar-refractivity contribution in [2.24, 2.45) is 0 Å². The molecule has 2 rings (SSSR count). The minimum atomic E-state index is -0.873. The minimum absolute atomic E-state index is 0.144. The molecule has 6 heteroatoms. The molecule has 1 aliphatic carbocycles. The molecule has 0 bridgehead atoms. The van der Waals surface area contributed by atoms with Crippen molar-refractivity contribution in [3.8, 4) is 0 Å². The number of nitrogens with one attached hydrogen (secondary N) is 2. The Bertz CT molecular complexity index is 599. The van der Waals surface area contributed by atoms with Gasteiger partial charge in [0, 0.05) is 6.54 Å². The van der Waals surface area contributed by atoms with Gasteiger partial charge >= 0.3 is 0 Å².